The number of aromatic nitrogens is 3. The summed E-state index contributed by atoms with van der Waals surface area (Å²) in [5.41, 5.74) is 2.81. The van der Waals surface area contributed by atoms with Gasteiger partial charge in [-0.25, -0.2) is 4.98 Å². The molecule has 0 spiro atoms. The predicted molar refractivity (Wildman–Crippen MR) is 92.3 cm³/mol. The van der Waals surface area contributed by atoms with Crippen LogP contribution in [0.15, 0.2) is 36.9 Å². The molecule has 128 valence electrons. The number of benzene rings is 1. The molecule has 0 unspecified atom stereocenters. The summed E-state index contributed by atoms with van der Waals surface area (Å²) in [5, 5.41) is 4.06. The number of amides is 1. The van der Waals surface area contributed by atoms with Crippen molar-refractivity contribution in [3.63, 3.8) is 0 Å². The van der Waals surface area contributed by atoms with Crippen LogP contribution in [0.25, 0.3) is 0 Å². The summed E-state index contributed by atoms with van der Waals surface area (Å²) in [7, 11) is 4.05. The van der Waals surface area contributed by atoms with Crippen molar-refractivity contribution < 1.29 is 4.79 Å². The van der Waals surface area contributed by atoms with Crippen molar-refractivity contribution in [1.29, 1.82) is 0 Å². The molecule has 3 rings (SSSR count). The first kappa shape index (κ1) is 16.6. The first-order valence-electron chi connectivity index (χ1n) is 8.47. The Hall–Kier alpha value is -2.21. The molecule has 0 aliphatic carbocycles. The summed E-state index contributed by atoms with van der Waals surface area (Å²) >= 11 is 0. The van der Waals surface area contributed by atoms with Crippen molar-refractivity contribution in [1.82, 2.24) is 24.6 Å². The number of hydrogen-bond donors (Lipinski definition) is 0. The highest BCUT2D eigenvalue weighted by atomic mass is 16.2. The first-order valence-corrected chi connectivity index (χ1v) is 8.47. The van der Waals surface area contributed by atoms with Crippen molar-refractivity contribution in [2.24, 2.45) is 0 Å². The van der Waals surface area contributed by atoms with E-state index in [1.807, 2.05) is 11.9 Å². The molecule has 2 aromatic rings. The Morgan fingerprint density at radius 3 is 2.88 bits per heavy atom. The third kappa shape index (κ3) is 4.00. The third-order valence-electron chi connectivity index (χ3n) is 4.77. The van der Waals surface area contributed by atoms with Crippen LogP contribution in [0.1, 0.15) is 24.0 Å². The quantitative estimate of drug-likeness (QED) is 0.808. The highest BCUT2D eigenvalue weighted by Crippen LogP contribution is 2.22. The lowest BCUT2D eigenvalue weighted by Gasteiger charge is -2.36. The Morgan fingerprint density at radius 1 is 1.33 bits per heavy atom. The summed E-state index contributed by atoms with van der Waals surface area (Å²) in [6.07, 6.45) is 5.54. The molecule has 1 amide bonds. The fraction of sp³-hybridized carbons (Fsp3) is 0.500. The first-order chi connectivity index (χ1) is 11.6. The van der Waals surface area contributed by atoms with Crippen LogP contribution >= 0.6 is 0 Å². The van der Waals surface area contributed by atoms with Crippen LogP contribution in [-0.2, 0) is 24.3 Å². The van der Waals surface area contributed by atoms with Crippen LogP contribution < -0.4 is 0 Å². The van der Waals surface area contributed by atoms with Crippen LogP contribution in [0.5, 0.6) is 0 Å². The lowest BCUT2D eigenvalue weighted by molar-refractivity contribution is -0.130. The number of fused-ring (bicyclic) bond motifs is 1. The Kier molecular flexibility index (Phi) is 5.25. The van der Waals surface area contributed by atoms with Gasteiger partial charge in [-0.3, -0.25) is 14.4 Å². The van der Waals surface area contributed by atoms with Gasteiger partial charge in [-0.05, 0) is 31.0 Å². The number of carbonyl (C=O) groups excluding carboxylic acids is 1. The molecule has 0 bridgehead atoms. The molecule has 2 heterocycles. The predicted octanol–water partition coefficient (Wildman–Crippen LogP) is 1.57. The van der Waals surface area contributed by atoms with E-state index in [-0.39, 0.29) is 5.91 Å². The maximum absolute atomic E-state index is 12.4. The monoisotopic (exact) mass is 327 g/mol. The van der Waals surface area contributed by atoms with Crippen molar-refractivity contribution in [2.75, 3.05) is 20.6 Å². The van der Waals surface area contributed by atoms with Gasteiger partial charge < -0.3 is 4.90 Å². The van der Waals surface area contributed by atoms with Crippen LogP contribution in [-0.4, -0.2) is 57.2 Å². The second kappa shape index (κ2) is 7.57. The minimum Gasteiger partial charge on any atom is -0.344 e. The fourth-order valence-electron chi connectivity index (χ4n) is 3.27. The zero-order valence-electron chi connectivity index (χ0n) is 14.4. The fourth-order valence-corrected chi connectivity index (χ4v) is 3.27. The topological polar surface area (TPSA) is 54.3 Å². The second-order valence-electron chi connectivity index (χ2n) is 6.58. The zero-order valence-corrected chi connectivity index (χ0v) is 14.4. The largest absolute Gasteiger partial charge is 0.344 e. The van der Waals surface area contributed by atoms with E-state index < -0.39 is 0 Å². The molecule has 0 N–H and O–H groups in total. The van der Waals surface area contributed by atoms with Gasteiger partial charge in [0.15, 0.2) is 0 Å². The molecule has 0 fully saturated rings. The molecular formula is C18H25N5O. The lowest BCUT2D eigenvalue weighted by atomic mass is 9.94. The highest BCUT2D eigenvalue weighted by molar-refractivity contribution is 5.75. The lowest BCUT2D eigenvalue weighted by Crippen LogP contribution is -2.46. The van der Waals surface area contributed by atoms with Crippen LogP contribution in [0, 0.1) is 0 Å². The van der Waals surface area contributed by atoms with Crippen LogP contribution in [0.3, 0.4) is 0 Å². The Bertz CT molecular complexity index is 670. The van der Waals surface area contributed by atoms with Gasteiger partial charge in [0.25, 0.3) is 0 Å². The molecule has 6 nitrogen and oxygen atoms in total. The average molecular weight is 327 g/mol. The highest BCUT2D eigenvalue weighted by Gasteiger charge is 2.25. The van der Waals surface area contributed by atoms with E-state index in [0.29, 0.717) is 12.5 Å². The van der Waals surface area contributed by atoms with Gasteiger partial charge in [0.05, 0.1) is 0 Å². The van der Waals surface area contributed by atoms with Crippen molar-refractivity contribution in [3.8, 4) is 0 Å². The minimum absolute atomic E-state index is 0.197. The van der Waals surface area contributed by atoms with Crippen molar-refractivity contribution >= 4 is 5.91 Å². The maximum Gasteiger partial charge on any atom is 0.222 e. The minimum atomic E-state index is 0.197. The Labute approximate surface area is 143 Å². The van der Waals surface area contributed by atoms with Gasteiger partial charge in [-0.2, -0.15) is 5.10 Å². The van der Waals surface area contributed by atoms with E-state index in [4.69, 9.17) is 0 Å². The van der Waals surface area contributed by atoms with Crippen LogP contribution in [0.2, 0.25) is 0 Å². The molecule has 1 aromatic carbocycles. The molecule has 0 saturated heterocycles. The van der Waals surface area contributed by atoms with Gasteiger partial charge in [0, 0.05) is 39.1 Å². The van der Waals surface area contributed by atoms with E-state index in [2.05, 4.69) is 46.3 Å². The molecule has 0 radical (unpaired) electrons. The third-order valence-corrected chi connectivity index (χ3v) is 4.77. The standard InChI is InChI=1S/C18H25N5O/c1-21-11-16-7-4-3-6-15(16)10-17(21)12-22(2)18(24)8-5-9-23-14-19-13-20-23/h3-4,6-7,13-14,17H,5,8-12H2,1-2H3/t17-/m0/s1. The van der Waals surface area contributed by atoms with E-state index in [1.54, 1.807) is 11.0 Å². The summed E-state index contributed by atoms with van der Waals surface area (Å²) in [6, 6.07) is 8.97. The van der Waals surface area contributed by atoms with E-state index in [0.717, 1.165) is 32.5 Å². The molecule has 1 atom stereocenters. The smallest absolute Gasteiger partial charge is 0.222 e. The number of hydrogen-bond acceptors (Lipinski definition) is 4. The summed E-state index contributed by atoms with van der Waals surface area (Å²) in [5.74, 6) is 0.197. The Morgan fingerprint density at radius 2 is 2.12 bits per heavy atom. The number of carbonyl (C=O) groups is 1. The molecule has 1 aliphatic heterocycles. The van der Waals surface area contributed by atoms with E-state index in [1.165, 1.54) is 17.5 Å². The van der Waals surface area contributed by atoms with E-state index in [9.17, 15) is 4.79 Å². The number of likely N-dealkylation sites (N-methyl/N-ethyl adjacent to an activating group) is 2. The molecule has 1 aliphatic rings. The molecular weight excluding hydrogens is 302 g/mol. The number of rotatable bonds is 6. The second-order valence-corrected chi connectivity index (χ2v) is 6.58. The van der Waals surface area contributed by atoms with E-state index >= 15 is 0 Å². The molecule has 1 aromatic heterocycles. The van der Waals surface area contributed by atoms with Gasteiger partial charge in [0.2, 0.25) is 5.91 Å². The van der Waals surface area contributed by atoms with Crippen molar-refractivity contribution in [3.05, 3.63) is 48.0 Å². The van der Waals surface area contributed by atoms with Crippen molar-refractivity contribution in [2.45, 2.75) is 38.4 Å². The Balaban J connectivity index is 1.49. The summed E-state index contributed by atoms with van der Waals surface area (Å²) < 4.78 is 1.76. The number of nitrogens with zero attached hydrogens (tertiary/aromatic N) is 5. The van der Waals surface area contributed by atoms with Crippen LogP contribution in [0.4, 0.5) is 0 Å². The number of aryl methyl sites for hydroxylation is 1. The SMILES string of the molecule is CN(C[C@@H]1Cc2ccccc2CN1C)C(=O)CCCn1cncn1. The maximum atomic E-state index is 12.4. The summed E-state index contributed by atoms with van der Waals surface area (Å²) in [6.45, 7) is 2.46. The summed E-state index contributed by atoms with van der Waals surface area (Å²) in [4.78, 5) is 20.5. The van der Waals surface area contributed by atoms with Gasteiger partial charge >= 0.3 is 0 Å². The molecule has 24 heavy (non-hydrogen) atoms. The average Bonchev–Trinajstić information content (AvgIpc) is 3.08. The normalized spacial score (nSPS) is 17.5. The molecule has 0 saturated carbocycles. The van der Waals surface area contributed by atoms with Gasteiger partial charge in [0.1, 0.15) is 12.7 Å². The van der Waals surface area contributed by atoms with Gasteiger partial charge in [-0.1, -0.05) is 24.3 Å². The molecule has 6 heteroatoms. The van der Waals surface area contributed by atoms with Gasteiger partial charge in [-0.15, -0.1) is 0 Å². The zero-order chi connectivity index (χ0) is 16.9.